The smallest absolute Gasteiger partial charge is 0.456 e. The van der Waals surface area contributed by atoms with Gasteiger partial charge in [-0.3, -0.25) is 18.6 Å². The van der Waals surface area contributed by atoms with E-state index in [1.807, 2.05) is 39.4 Å². The lowest BCUT2D eigenvalue weighted by atomic mass is 10.1. The number of phosphoric acid groups is 1. The molecule has 0 rings (SSSR count). The molecule has 69 heavy (non-hydrogen) atoms. The van der Waals surface area contributed by atoms with Gasteiger partial charge in [-0.05, 0) is 76.7 Å². The number of ether oxygens (including phenoxy) is 1. The zero-order valence-corrected chi connectivity index (χ0v) is 47.0. The van der Waals surface area contributed by atoms with Crippen LogP contribution < -0.4 is 5.32 Å². The zero-order valence-electron chi connectivity index (χ0n) is 46.1. The lowest BCUT2D eigenvalue weighted by Gasteiger charge is -2.27. The molecular formula is C59H112N2O7P+. The first-order valence-corrected chi connectivity index (χ1v) is 30.5. The van der Waals surface area contributed by atoms with Crippen molar-refractivity contribution in [3.8, 4) is 0 Å². The number of amides is 1. The summed E-state index contributed by atoms with van der Waals surface area (Å²) in [5, 5.41) is 3.00. The summed E-state index contributed by atoms with van der Waals surface area (Å²) in [6, 6.07) is -0.877. The van der Waals surface area contributed by atoms with Crippen LogP contribution in [0.3, 0.4) is 0 Å². The predicted octanol–water partition coefficient (Wildman–Crippen LogP) is 17.3. The number of unbranched alkanes of at least 4 members (excludes halogenated alkanes) is 30. The second-order valence-electron chi connectivity index (χ2n) is 20.8. The Kier molecular flexibility index (Phi) is 48.1. The van der Waals surface area contributed by atoms with Crippen molar-refractivity contribution in [2.45, 2.75) is 277 Å². The molecule has 0 aliphatic carbocycles. The molecule has 3 atom stereocenters. The number of nitrogens with one attached hydrogen (secondary N) is 1. The maximum atomic E-state index is 13.4. The first-order chi connectivity index (χ1) is 33.4. The molecule has 2 N–H and O–H groups in total. The minimum atomic E-state index is -4.45. The molecule has 404 valence electrons. The van der Waals surface area contributed by atoms with Gasteiger partial charge >= 0.3 is 13.8 Å². The minimum absolute atomic E-state index is 0.0309. The highest BCUT2D eigenvalue weighted by atomic mass is 31.2. The Bertz CT molecular complexity index is 1330. The van der Waals surface area contributed by atoms with Gasteiger partial charge in [0.25, 0.3) is 0 Å². The molecule has 0 aliphatic rings. The Hall–Kier alpha value is -2.03. The van der Waals surface area contributed by atoms with Gasteiger partial charge in [0.05, 0.1) is 33.8 Å². The number of quaternary nitrogens is 1. The molecule has 0 radical (unpaired) electrons. The second kappa shape index (κ2) is 49.5. The number of allylic oxidation sites excluding steroid dienone is 7. The molecule has 0 saturated heterocycles. The summed E-state index contributed by atoms with van der Waals surface area (Å²) in [4.78, 5) is 37.5. The summed E-state index contributed by atoms with van der Waals surface area (Å²) in [6.45, 7) is 6.95. The monoisotopic (exact) mass is 992 g/mol. The number of hydrogen-bond donors (Lipinski definition) is 2. The van der Waals surface area contributed by atoms with E-state index in [9.17, 15) is 19.0 Å². The molecule has 0 fully saturated rings. The molecule has 10 heteroatoms. The second-order valence-corrected chi connectivity index (χ2v) is 22.3. The van der Waals surface area contributed by atoms with Crippen LogP contribution in [0, 0.1) is 0 Å². The van der Waals surface area contributed by atoms with Crippen molar-refractivity contribution >= 4 is 19.7 Å². The highest BCUT2D eigenvalue weighted by Crippen LogP contribution is 2.43. The molecule has 1 amide bonds. The van der Waals surface area contributed by atoms with Crippen molar-refractivity contribution in [3.05, 3.63) is 48.6 Å². The van der Waals surface area contributed by atoms with Gasteiger partial charge < -0.3 is 19.4 Å². The van der Waals surface area contributed by atoms with E-state index in [4.69, 9.17) is 13.8 Å². The molecule has 0 aromatic carbocycles. The Morgan fingerprint density at radius 1 is 0.507 bits per heavy atom. The van der Waals surface area contributed by atoms with Crippen molar-refractivity contribution < 1.29 is 37.3 Å². The topological polar surface area (TPSA) is 111 Å². The van der Waals surface area contributed by atoms with Gasteiger partial charge in [-0.25, -0.2) is 4.57 Å². The number of hydrogen-bond acceptors (Lipinski definition) is 6. The largest absolute Gasteiger partial charge is 0.472 e. The van der Waals surface area contributed by atoms with Gasteiger partial charge in [0.15, 0.2) is 0 Å². The van der Waals surface area contributed by atoms with Crippen molar-refractivity contribution in [2.24, 2.45) is 0 Å². The normalized spacial score (nSPS) is 14.1. The van der Waals surface area contributed by atoms with Gasteiger partial charge in [0.1, 0.15) is 19.3 Å². The van der Waals surface area contributed by atoms with E-state index in [-0.39, 0.29) is 37.9 Å². The van der Waals surface area contributed by atoms with Crippen LogP contribution in [-0.2, 0) is 27.9 Å². The quantitative estimate of drug-likeness (QED) is 0.0205. The van der Waals surface area contributed by atoms with Crippen molar-refractivity contribution in [2.75, 3.05) is 40.9 Å². The van der Waals surface area contributed by atoms with Gasteiger partial charge in [-0.1, -0.05) is 224 Å². The van der Waals surface area contributed by atoms with E-state index in [0.29, 0.717) is 17.4 Å². The van der Waals surface area contributed by atoms with Crippen LogP contribution >= 0.6 is 7.82 Å². The molecule has 0 aromatic rings. The van der Waals surface area contributed by atoms with Gasteiger partial charge in [0.2, 0.25) is 5.91 Å². The van der Waals surface area contributed by atoms with E-state index in [0.717, 1.165) is 51.4 Å². The maximum Gasteiger partial charge on any atom is 0.472 e. The third-order valence-corrected chi connectivity index (χ3v) is 13.7. The van der Waals surface area contributed by atoms with Crippen LogP contribution in [0.25, 0.3) is 0 Å². The molecule has 0 aliphatic heterocycles. The average molecular weight is 993 g/mol. The Morgan fingerprint density at radius 2 is 0.899 bits per heavy atom. The van der Waals surface area contributed by atoms with E-state index in [1.54, 1.807) is 0 Å². The summed E-state index contributed by atoms with van der Waals surface area (Å²) in [7, 11) is 1.47. The Labute approximate surface area is 427 Å². The average Bonchev–Trinajstić information content (AvgIpc) is 3.31. The molecule has 0 spiro atoms. The van der Waals surface area contributed by atoms with E-state index < -0.39 is 20.0 Å². The maximum absolute atomic E-state index is 13.4. The van der Waals surface area contributed by atoms with Crippen molar-refractivity contribution in [1.82, 2.24) is 5.32 Å². The summed E-state index contributed by atoms with van der Waals surface area (Å²) in [5.41, 5.74) is 0. The third kappa shape index (κ3) is 50.7. The summed E-state index contributed by atoms with van der Waals surface area (Å²) >= 11 is 0. The summed E-state index contributed by atoms with van der Waals surface area (Å²) < 4.78 is 30.5. The molecule has 3 unspecified atom stereocenters. The van der Waals surface area contributed by atoms with Crippen molar-refractivity contribution in [3.63, 3.8) is 0 Å². The highest BCUT2D eigenvalue weighted by molar-refractivity contribution is 7.47. The fraction of sp³-hybridized carbons (Fsp3) is 0.831. The molecule has 9 nitrogen and oxygen atoms in total. The highest BCUT2D eigenvalue weighted by Gasteiger charge is 2.30. The number of nitrogens with zero attached hydrogens (tertiary/aromatic N) is 1. The zero-order chi connectivity index (χ0) is 50.8. The van der Waals surface area contributed by atoms with Crippen LogP contribution in [0.2, 0.25) is 0 Å². The van der Waals surface area contributed by atoms with Crippen LogP contribution in [0.15, 0.2) is 48.6 Å². The number of carbonyl (C=O) groups excluding carboxylic acids is 2. The Balaban J connectivity index is 5.32. The number of rotatable bonds is 52. The first kappa shape index (κ1) is 67.0. The third-order valence-electron chi connectivity index (χ3n) is 12.8. The molecule has 0 bridgehead atoms. The molecule has 0 heterocycles. The number of phosphoric ester groups is 1. The predicted molar refractivity (Wildman–Crippen MR) is 295 cm³/mol. The fourth-order valence-corrected chi connectivity index (χ4v) is 8.96. The minimum Gasteiger partial charge on any atom is -0.456 e. The van der Waals surface area contributed by atoms with Gasteiger partial charge in [0, 0.05) is 12.8 Å². The lowest BCUT2D eigenvalue weighted by Crippen LogP contribution is -2.47. The summed E-state index contributed by atoms with van der Waals surface area (Å²) in [5.74, 6) is -0.582. The van der Waals surface area contributed by atoms with Crippen LogP contribution in [-0.4, -0.2) is 74.3 Å². The van der Waals surface area contributed by atoms with E-state index >= 15 is 0 Å². The summed E-state index contributed by atoms with van der Waals surface area (Å²) in [6.07, 6.45) is 59.8. The van der Waals surface area contributed by atoms with E-state index in [2.05, 4.69) is 56.5 Å². The lowest BCUT2D eigenvalue weighted by molar-refractivity contribution is -0.870. The number of likely N-dealkylation sites (N-methyl/N-ethyl adjacent to an activating group) is 1. The van der Waals surface area contributed by atoms with Crippen LogP contribution in [0.1, 0.15) is 265 Å². The molecular weight excluding hydrogens is 880 g/mol. The van der Waals surface area contributed by atoms with Crippen LogP contribution in [0.4, 0.5) is 0 Å². The molecule has 0 aromatic heterocycles. The fourth-order valence-electron chi connectivity index (χ4n) is 8.22. The Morgan fingerprint density at radius 3 is 1.35 bits per heavy atom. The number of esters is 1. The number of carbonyl (C=O) groups is 2. The van der Waals surface area contributed by atoms with Gasteiger partial charge in [-0.2, -0.15) is 0 Å². The standard InChI is InChI=1S/C59H111N2O7P/c1-7-10-13-16-19-22-25-27-28-29-30-31-32-34-37-40-43-46-49-52-59(63)68-57(50-47-44-41-38-35-24-21-18-15-12-9-3)56(55-67-69(64,65)66-54-53-61(4,5)6)60-58(62)51-48-45-42-39-36-33-26-23-20-17-14-11-8-2/h27-28,33,36,42,45,47,50,56-57H,7-26,29-32,34-35,37-41,43-44,46,48-49,51-55H2,1-6H3,(H-,60,62,64,65)/p+1/b28-27+,36-33-,45-42+,50-47-. The van der Waals surface area contributed by atoms with Crippen LogP contribution in [0.5, 0.6) is 0 Å². The SMILES string of the molecule is CCCCCCCC/C=C\C/C=C/CCC(=O)NC(COP(=O)(O)OCC[N+](C)(C)C)C(/C=C\CCCCCCCCCCC)OC(=O)CCCCCCCCCCC/C=C/CCCCCCCC. The van der Waals surface area contributed by atoms with E-state index in [1.165, 1.54) is 173 Å². The van der Waals surface area contributed by atoms with Crippen molar-refractivity contribution in [1.29, 1.82) is 0 Å². The van der Waals surface area contributed by atoms with Gasteiger partial charge in [-0.15, -0.1) is 0 Å². The first-order valence-electron chi connectivity index (χ1n) is 29.0. The molecule has 0 saturated carbocycles.